The van der Waals surface area contributed by atoms with Gasteiger partial charge in [-0.15, -0.1) is 0 Å². The Morgan fingerprint density at radius 2 is 1.76 bits per heavy atom. The monoisotopic (exact) mass is 611 g/mol. The van der Waals surface area contributed by atoms with Gasteiger partial charge in [-0.1, -0.05) is 54.3 Å². The topological polar surface area (TPSA) is 46.6 Å². The number of anilines is 1. The maximum Gasteiger partial charge on any atom is 0.416 e. The predicted octanol–water partition coefficient (Wildman–Crippen LogP) is 6.94. The number of carbonyl (C=O) groups is 2. The van der Waals surface area contributed by atoms with Gasteiger partial charge in [0.25, 0.3) is 5.91 Å². The van der Waals surface area contributed by atoms with Crippen molar-refractivity contribution in [1.29, 1.82) is 0 Å². The molecule has 4 nitrogen and oxygen atoms in total. The number of halogens is 4. The molecule has 0 aliphatic carbocycles. The van der Waals surface area contributed by atoms with E-state index in [1.54, 1.807) is 48.5 Å². The SMILES string of the molecule is O=C(Oc1cccc(C=C2SC(=S)N(c3cccc(C(F)(F)F)c3)C2=O)c1)c1ccccc1I. The number of thioether (sulfide) groups is 1. The molecule has 1 aliphatic heterocycles. The van der Waals surface area contributed by atoms with Gasteiger partial charge < -0.3 is 4.74 Å². The summed E-state index contributed by atoms with van der Waals surface area (Å²) in [4.78, 5) is 26.7. The summed E-state index contributed by atoms with van der Waals surface area (Å²) >= 11 is 8.28. The van der Waals surface area contributed by atoms with Crippen molar-refractivity contribution in [3.05, 3.63) is 98.0 Å². The summed E-state index contributed by atoms with van der Waals surface area (Å²) in [5.41, 5.74) is 0.166. The Bertz CT molecular complexity index is 1340. The van der Waals surface area contributed by atoms with E-state index in [2.05, 4.69) is 0 Å². The number of rotatable bonds is 4. The lowest BCUT2D eigenvalue weighted by Crippen LogP contribution is -2.27. The van der Waals surface area contributed by atoms with Crippen molar-refractivity contribution in [2.45, 2.75) is 6.18 Å². The van der Waals surface area contributed by atoms with Crippen molar-refractivity contribution in [1.82, 2.24) is 0 Å². The largest absolute Gasteiger partial charge is 0.423 e. The molecule has 3 aromatic rings. The van der Waals surface area contributed by atoms with E-state index in [-0.39, 0.29) is 20.7 Å². The smallest absolute Gasteiger partial charge is 0.416 e. The molecule has 0 bridgehead atoms. The fourth-order valence-electron chi connectivity index (χ4n) is 3.12. The fourth-order valence-corrected chi connectivity index (χ4v) is 5.03. The Kier molecular flexibility index (Phi) is 7.10. The van der Waals surface area contributed by atoms with Crippen molar-refractivity contribution >= 4 is 74.5 Å². The van der Waals surface area contributed by atoms with Crippen LogP contribution in [0.15, 0.2) is 77.7 Å². The first-order valence-corrected chi connectivity index (χ1v) is 12.0. The van der Waals surface area contributed by atoms with Crippen LogP contribution in [0.5, 0.6) is 5.75 Å². The average Bonchev–Trinajstić information content (AvgIpc) is 3.06. The summed E-state index contributed by atoms with van der Waals surface area (Å²) < 4.78 is 45.6. The highest BCUT2D eigenvalue weighted by molar-refractivity contribution is 14.1. The zero-order valence-electron chi connectivity index (χ0n) is 17.0. The number of thiocarbonyl (C=S) groups is 1. The molecule has 1 heterocycles. The molecule has 0 atom stereocenters. The maximum atomic E-state index is 13.1. The highest BCUT2D eigenvalue weighted by Gasteiger charge is 2.36. The molecule has 1 saturated heterocycles. The van der Waals surface area contributed by atoms with E-state index in [1.165, 1.54) is 12.1 Å². The lowest BCUT2D eigenvalue weighted by atomic mass is 10.1. The van der Waals surface area contributed by atoms with E-state index >= 15 is 0 Å². The minimum absolute atomic E-state index is 0.0425. The molecular formula is C24H13F3INO3S2. The molecule has 1 aliphatic rings. The molecule has 1 fully saturated rings. The summed E-state index contributed by atoms with van der Waals surface area (Å²) in [6.45, 7) is 0. The predicted molar refractivity (Wildman–Crippen MR) is 138 cm³/mol. The van der Waals surface area contributed by atoms with Gasteiger partial charge in [-0.25, -0.2) is 4.79 Å². The quantitative estimate of drug-likeness (QED) is 0.105. The average molecular weight is 611 g/mol. The minimum atomic E-state index is -4.54. The second-order valence-corrected chi connectivity index (χ2v) is 9.85. The van der Waals surface area contributed by atoms with Crippen molar-refractivity contribution in [2.75, 3.05) is 4.90 Å². The van der Waals surface area contributed by atoms with Gasteiger partial charge in [0.15, 0.2) is 4.32 Å². The van der Waals surface area contributed by atoms with Gasteiger partial charge in [0.2, 0.25) is 0 Å². The van der Waals surface area contributed by atoms with Crippen LogP contribution in [0.2, 0.25) is 0 Å². The molecule has 0 saturated carbocycles. The lowest BCUT2D eigenvalue weighted by Gasteiger charge is -2.16. The number of amides is 1. The first-order chi connectivity index (χ1) is 16.1. The van der Waals surface area contributed by atoms with Crippen LogP contribution < -0.4 is 9.64 Å². The summed E-state index contributed by atoms with van der Waals surface area (Å²) in [6.07, 6.45) is -2.99. The molecule has 0 spiro atoms. The van der Waals surface area contributed by atoms with Crippen molar-refractivity contribution < 1.29 is 27.5 Å². The van der Waals surface area contributed by atoms with Crippen molar-refractivity contribution in [3.63, 3.8) is 0 Å². The van der Waals surface area contributed by atoms with E-state index in [0.717, 1.165) is 32.4 Å². The van der Waals surface area contributed by atoms with Crippen LogP contribution in [0.4, 0.5) is 18.9 Å². The van der Waals surface area contributed by atoms with Crippen molar-refractivity contribution in [3.8, 4) is 5.75 Å². The second-order valence-electron chi connectivity index (χ2n) is 7.01. The maximum absolute atomic E-state index is 13.1. The van der Waals surface area contributed by atoms with Gasteiger partial charge in [-0.05, 0) is 76.7 Å². The summed E-state index contributed by atoms with van der Waals surface area (Å²) in [5.74, 6) is -0.764. The molecule has 0 radical (unpaired) electrons. The number of hydrogen-bond acceptors (Lipinski definition) is 5. The molecule has 0 N–H and O–H groups in total. The van der Waals surface area contributed by atoms with E-state index < -0.39 is 23.6 Å². The third kappa shape index (κ3) is 5.34. The Morgan fingerprint density at radius 1 is 1.03 bits per heavy atom. The molecule has 10 heteroatoms. The number of nitrogens with zero attached hydrogens (tertiary/aromatic N) is 1. The highest BCUT2D eigenvalue weighted by atomic mass is 127. The molecule has 172 valence electrons. The number of carbonyl (C=O) groups excluding carboxylic acids is 2. The molecule has 34 heavy (non-hydrogen) atoms. The van der Waals surface area contributed by atoms with Crippen LogP contribution in [0.25, 0.3) is 6.08 Å². The molecule has 0 aromatic heterocycles. The standard InChI is InChI=1S/C24H13F3INO3S2/c25-24(26,27)15-6-4-7-16(13-15)29-21(30)20(34-23(29)33)12-14-5-3-8-17(11-14)32-22(31)18-9-1-2-10-19(18)28/h1-13H. The van der Waals surface area contributed by atoms with Crippen LogP contribution in [-0.2, 0) is 11.0 Å². The first-order valence-electron chi connectivity index (χ1n) is 9.65. The normalized spacial score (nSPS) is 15.2. The summed E-state index contributed by atoms with van der Waals surface area (Å²) in [5, 5.41) is 0. The minimum Gasteiger partial charge on any atom is -0.423 e. The van der Waals surface area contributed by atoms with Gasteiger partial charge in [0.05, 0.1) is 21.7 Å². The zero-order chi connectivity index (χ0) is 24.5. The molecular weight excluding hydrogens is 598 g/mol. The zero-order valence-corrected chi connectivity index (χ0v) is 20.8. The third-order valence-electron chi connectivity index (χ3n) is 4.69. The van der Waals surface area contributed by atoms with E-state index in [9.17, 15) is 22.8 Å². The van der Waals surface area contributed by atoms with Gasteiger partial charge in [-0.3, -0.25) is 9.69 Å². The van der Waals surface area contributed by atoms with Crippen LogP contribution >= 0.6 is 46.6 Å². The van der Waals surface area contributed by atoms with Crippen LogP contribution in [0, 0.1) is 3.57 Å². The van der Waals surface area contributed by atoms with E-state index in [0.29, 0.717) is 11.1 Å². The number of hydrogen-bond donors (Lipinski definition) is 0. The number of benzene rings is 3. The summed E-state index contributed by atoms with van der Waals surface area (Å²) in [7, 11) is 0. The first kappa shape index (κ1) is 24.4. The molecule has 3 aromatic carbocycles. The van der Waals surface area contributed by atoms with E-state index in [4.69, 9.17) is 17.0 Å². The Balaban J connectivity index is 1.56. The lowest BCUT2D eigenvalue weighted by molar-refractivity contribution is -0.137. The van der Waals surface area contributed by atoms with Crippen LogP contribution in [0.1, 0.15) is 21.5 Å². The van der Waals surface area contributed by atoms with E-state index in [1.807, 2.05) is 28.7 Å². The fraction of sp³-hybridized carbons (Fsp3) is 0.0417. The second kappa shape index (κ2) is 9.88. The number of alkyl halides is 3. The molecule has 4 rings (SSSR count). The Hall–Kier alpha value is -2.70. The van der Waals surface area contributed by atoms with Gasteiger partial charge in [-0.2, -0.15) is 13.2 Å². The van der Waals surface area contributed by atoms with Crippen LogP contribution in [0.3, 0.4) is 0 Å². The molecule has 0 unspecified atom stereocenters. The van der Waals surface area contributed by atoms with Gasteiger partial charge in [0.1, 0.15) is 5.75 Å². The number of esters is 1. The van der Waals surface area contributed by atoms with Crippen molar-refractivity contribution in [2.24, 2.45) is 0 Å². The third-order valence-corrected chi connectivity index (χ3v) is 6.93. The highest BCUT2D eigenvalue weighted by Crippen LogP contribution is 2.38. The number of ether oxygens (including phenoxy) is 1. The van der Waals surface area contributed by atoms with Crippen LogP contribution in [-0.4, -0.2) is 16.2 Å². The van der Waals surface area contributed by atoms with Gasteiger partial charge in [0, 0.05) is 3.57 Å². The molecule has 1 amide bonds. The Morgan fingerprint density at radius 3 is 2.50 bits per heavy atom. The summed E-state index contributed by atoms with van der Waals surface area (Å²) in [6, 6.07) is 18.0. The van der Waals surface area contributed by atoms with Gasteiger partial charge >= 0.3 is 12.1 Å². The Labute approximate surface area is 215 Å².